The van der Waals surface area contributed by atoms with Gasteiger partial charge in [0.2, 0.25) is 5.89 Å². The van der Waals surface area contributed by atoms with Crippen molar-refractivity contribution in [3.05, 3.63) is 41.0 Å². The summed E-state index contributed by atoms with van der Waals surface area (Å²) >= 11 is 0. The van der Waals surface area contributed by atoms with Gasteiger partial charge >= 0.3 is 13.2 Å². The van der Waals surface area contributed by atoms with Crippen LogP contribution in [0.1, 0.15) is 88.6 Å². The van der Waals surface area contributed by atoms with Crippen LogP contribution in [0.15, 0.2) is 22.7 Å². The van der Waals surface area contributed by atoms with Crippen molar-refractivity contribution in [1.82, 2.24) is 20.4 Å². The molecule has 1 aromatic carbocycles. The fraction of sp³-hybridized carbons (Fsp3) is 0.583. The van der Waals surface area contributed by atoms with E-state index in [-0.39, 0.29) is 24.3 Å². The Kier molecular flexibility index (Phi) is 6.21. The largest absolute Gasteiger partial charge is 0.494 e. The van der Waals surface area contributed by atoms with Crippen LogP contribution in [0.2, 0.25) is 0 Å². The molecule has 0 unspecified atom stereocenters. The lowest BCUT2D eigenvalue weighted by atomic mass is 9.77. The third-order valence-corrected chi connectivity index (χ3v) is 6.96. The molecule has 10 nitrogen and oxygen atoms in total. The van der Waals surface area contributed by atoms with Crippen molar-refractivity contribution in [1.29, 1.82) is 0 Å². The number of fused-ring (bicyclic) bond motifs is 1. The van der Waals surface area contributed by atoms with Gasteiger partial charge in [0.25, 0.3) is 11.7 Å². The molecule has 2 aliphatic rings. The summed E-state index contributed by atoms with van der Waals surface area (Å²) in [7, 11) is -0.574. The number of aromatic nitrogens is 2. The molecular weight excluding hydrogens is 451 g/mol. The van der Waals surface area contributed by atoms with E-state index in [0.29, 0.717) is 12.3 Å². The Balaban J connectivity index is 1.62. The number of hydrogen-bond donors (Lipinski definition) is 2. The van der Waals surface area contributed by atoms with Crippen LogP contribution in [-0.2, 0) is 21.3 Å². The van der Waals surface area contributed by atoms with Gasteiger partial charge in [-0.2, -0.15) is 4.98 Å². The van der Waals surface area contributed by atoms with Crippen molar-refractivity contribution in [2.24, 2.45) is 0 Å². The molecule has 188 valence electrons. The van der Waals surface area contributed by atoms with Gasteiger partial charge in [-0.1, -0.05) is 44.1 Å². The average molecular weight is 484 g/mol. The molecule has 2 amide bonds. The van der Waals surface area contributed by atoms with Crippen LogP contribution >= 0.6 is 0 Å². The van der Waals surface area contributed by atoms with E-state index >= 15 is 0 Å². The number of carboxylic acid groups (broad SMARTS) is 1. The molecule has 11 heteroatoms. The van der Waals surface area contributed by atoms with E-state index in [1.165, 1.54) is 4.90 Å². The SMILES string of the molecule is CC(C)(C)c1nc(C(=O)N[C@@H]2CCN(C(=O)O)Cc3cc(B4OC(C)(C)C(C)(C)O4)ccc32)no1. The molecule has 1 fully saturated rings. The summed E-state index contributed by atoms with van der Waals surface area (Å²) in [5.41, 5.74) is 1.04. The maximum atomic E-state index is 12.9. The van der Waals surface area contributed by atoms with Gasteiger partial charge in [-0.25, -0.2) is 4.79 Å². The highest BCUT2D eigenvalue weighted by Crippen LogP contribution is 2.37. The van der Waals surface area contributed by atoms with Crippen LogP contribution in [0, 0.1) is 0 Å². The first-order valence-corrected chi connectivity index (χ1v) is 11.8. The zero-order valence-electron chi connectivity index (χ0n) is 21.3. The molecule has 0 aliphatic carbocycles. The van der Waals surface area contributed by atoms with E-state index in [1.54, 1.807) is 0 Å². The Morgan fingerprint density at radius 1 is 1.17 bits per heavy atom. The lowest BCUT2D eigenvalue weighted by molar-refractivity contribution is 0.00578. The molecule has 0 saturated carbocycles. The van der Waals surface area contributed by atoms with Crippen molar-refractivity contribution >= 4 is 24.6 Å². The number of carbonyl (C=O) groups excluding carboxylic acids is 1. The van der Waals surface area contributed by atoms with Crippen LogP contribution in [0.5, 0.6) is 0 Å². The standard InChI is InChI=1S/C24H33BN4O6/c1-22(2,3)20-27-18(28-33-20)19(30)26-17-10-11-29(21(31)32)13-14-12-15(8-9-16(14)17)25-34-23(4,5)24(6,7)35-25/h8-9,12,17H,10-11,13H2,1-7H3,(H,26,30)(H,31,32)/t17-/m1/s1. The summed E-state index contributed by atoms with van der Waals surface area (Å²) in [4.78, 5) is 30.3. The smallest absolute Gasteiger partial charge is 0.465 e. The summed E-state index contributed by atoms with van der Waals surface area (Å²) in [6.45, 7) is 14.1. The molecule has 1 atom stereocenters. The van der Waals surface area contributed by atoms with E-state index in [2.05, 4.69) is 15.5 Å². The zero-order valence-corrected chi connectivity index (χ0v) is 21.3. The lowest BCUT2D eigenvalue weighted by Gasteiger charge is -2.32. The number of amides is 2. The minimum absolute atomic E-state index is 0.0512. The Labute approximate surface area is 205 Å². The minimum atomic E-state index is -1.02. The average Bonchev–Trinajstić information content (AvgIpc) is 3.27. The van der Waals surface area contributed by atoms with Gasteiger partial charge in [0.15, 0.2) is 0 Å². The van der Waals surface area contributed by atoms with Gasteiger partial charge < -0.3 is 29.2 Å². The normalized spacial score (nSPS) is 21.4. The Morgan fingerprint density at radius 3 is 2.40 bits per heavy atom. The first kappa shape index (κ1) is 25.2. The van der Waals surface area contributed by atoms with Crippen molar-refractivity contribution in [2.45, 2.75) is 84.1 Å². The quantitative estimate of drug-likeness (QED) is 0.637. The van der Waals surface area contributed by atoms with Crippen molar-refractivity contribution in [3.8, 4) is 0 Å². The van der Waals surface area contributed by atoms with E-state index in [9.17, 15) is 14.7 Å². The van der Waals surface area contributed by atoms with Crippen molar-refractivity contribution in [3.63, 3.8) is 0 Å². The van der Waals surface area contributed by atoms with Gasteiger partial charge in [0.05, 0.1) is 17.2 Å². The van der Waals surface area contributed by atoms with Crippen LogP contribution in [0.25, 0.3) is 0 Å². The maximum Gasteiger partial charge on any atom is 0.494 e. The molecular formula is C24H33BN4O6. The monoisotopic (exact) mass is 484 g/mol. The highest BCUT2D eigenvalue weighted by Gasteiger charge is 2.51. The fourth-order valence-electron chi connectivity index (χ4n) is 4.11. The molecule has 4 rings (SSSR count). The minimum Gasteiger partial charge on any atom is -0.465 e. The van der Waals surface area contributed by atoms with Crippen LogP contribution in [0.4, 0.5) is 4.79 Å². The van der Waals surface area contributed by atoms with E-state index in [4.69, 9.17) is 13.8 Å². The van der Waals surface area contributed by atoms with Crippen LogP contribution in [-0.4, -0.2) is 57.0 Å². The number of benzene rings is 1. The molecule has 0 radical (unpaired) electrons. The lowest BCUT2D eigenvalue weighted by Crippen LogP contribution is -2.41. The number of hydrogen-bond acceptors (Lipinski definition) is 7. The molecule has 0 spiro atoms. The van der Waals surface area contributed by atoms with E-state index < -0.39 is 36.4 Å². The zero-order chi connectivity index (χ0) is 25.8. The molecule has 2 aliphatic heterocycles. The molecule has 2 N–H and O–H groups in total. The number of rotatable bonds is 3. The second-order valence-corrected chi connectivity index (χ2v) is 11.2. The predicted octanol–water partition coefficient (Wildman–Crippen LogP) is 3.02. The van der Waals surface area contributed by atoms with Gasteiger partial charge in [-0.05, 0) is 50.7 Å². The van der Waals surface area contributed by atoms with Crippen LogP contribution < -0.4 is 10.8 Å². The Hall–Kier alpha value is -2.92. The first-order valence-electron chi connectivity index (χ1n) is 11.8. The molecule has 35 heavy (non-hydrogen) atoms. The first-order chi connectivity index (χ1) is 16.2. The highest BCUT2D eigenvalue weighted by molar-refractivity contribution is 6.62. The molecule has 0 bridgehead atoms. The van der Waals surface area contributed by atoms with Gasteiger partial charge in [-0.3, -0.25) is 4.79 Å². The number of nitrogens with zero attached hydrogens (tertiary/aromatic N) is 3. The summed E-state index contributed by atoms with van der Waals surface area (Å²) in [5, 5.41) is 16.5. The van der Waals surface area contributed by atoms with Gasteiger partial charge in [0, 0.05) is 18.5 Å². The second-order valence-electron chi connectivity index (χ2n) is 11.2. The highest BCUT2D eigenvalue weighted by atomic mass is 16.7. The molecule has 1 aromatic heterocycles. The molecule has 2 aromatic rings. The summed E-state index contributed by atoms with van der Waals surface area (Å²) in [6.07, 6.45) is -0.609. The fourth-order valence-corrected chi connectivity index (χ4v) is 4.11. The predicted molar refractivity (Wildman–Crippen MR) is 128 cm³/mol. The van der Waals surface area contributed by atoms with Gasteiger partial charge in [-0.15, -0.1) is 0 Å². The van der Waals surface area contributed by atoms with Gasteiger partial charge in [0.1, 0.15) is 0 Å². The number of nitrogens with one attached hydrogen (secondary N) is 1. The van der Waals surface area contributed by atoms with E-state index in [1.807, 2.05) is 66.7 Å². The van der Waals surface area contributed by atoms with Crippen molar-refractivity contribution in [2.75, 3.05) is 6.54 Å². The molecule has 1 saturated heterocycles. The summed E-state index contributed by atoms with van der Waals surface area (Å²) in [6, 6.07) is 5.29. The summed E-state index contributed by atoms with van der Waals surface area (Å²) < 4.78 is 17.6. The van der Waals surface area contributed by atoms with Crippen molar-refractivity contribution < 1.29 is 28.5 Å². The summed E-state index contributed by atoms with van der Waals surface area (Å²) in [5.74, 6) is -0.156. The molecule has 3 heterocycles. The maximum absolute atomic E-state index is 12.9. The third kappa shape index (κ3) is 4.92. The van der Waals surface area contributed by atoms with E-state index in [0.717, 1.165) is 16.6 Å². The third-order valence-electron chi connectivity index (χ3n) is 6.96. The topological polar surface area (TPSA) is 127 Å². The Morgan fingerprint density at radius 2 is 1.83 bits per heavy atom. The Bertz CT molecular complexity index is 1120. The second kappa shape index (κ2) is 8.63. The number of carbonyl (C=O) groups is 2. The van der Waals surface area contributed by atoms with Crippen LogP contribution in [0.3, 0.4) is 0 Å².